The lowest BCUT2D eigenvalue weighted by atomic mass is 10.1. The fourth-order valence-electron chi connectivity index (χ4n) is 1.65. The van der Waals surface area contributed by atoms with Crippen molar-refractivity contribution < 1.29 is 15.0 Å². The van der Waals surface area contributed by atoms with Crippen LogP contribution in [0.15, 0.2) is 18.2 Å². The highest BCUT2D eigenvalue weighted by molar-refractivity contribution is 6.21. The third kappa shape index (κ3) is 4.11. The van der Waals surface area contributed by atoms with E-state index in [0.29, 0.717) is 12.5 Å². The van der Waals surface area contributed by atoms with Gasteiger partial charge in [-0.2, -0.15) is 0 Å². The fourth-order valence-corrected chi connectivity index (χ4v) is 2.08. The molecule has 1 amide bonds. The summed E-state index contributed by atoms with van der Waals surface area (Å²) < 4.78 is 0. The summed E-state index contributed by atoms with van der Waals surface area (Å²) in [6.07, 6.45) is 0.786. The quantitative estimate of drug-likeness (QED) is 0.721. The van der Waals surface area contributed by atoms with E-state index < -0.39 is 5.91 Å². The SMILES string of the molecule is CC(C)CC(Cl)CNC(=O)c1c(O)cccc1O. The predicted molar refractivity (Wildman–Crippen MR) is 71.2 cm³/mol. The first kappa shape index (κ1) is 14.6. The van der Waals surface area contributed by atoms with E-state index in [9.17, 15) is 15.0 Å². The van der Waals surface area contributed by atoms with Crippen LogP contribution in [0.3, 0.4) is 0 Å². The maximum atomic E-state index is 11.8. The number of benzene rings is 1. The zero-order valence-electron chi connectivity index (χ0n) is 10.5. The van der Waals surface area contributed by atoms with E-state index in [-0.39, 0.29) is 22.4 Å². The molecule has 4 nitrogen and oxygen atoms in total. The van der Waals surface area contributed by atoms with Crippen LogP contribution < -0.4 is 5.32 Å². The number of rotatable bonds is 5. The molecular weight excluding hydrogens is 254 g/mol. The first-order valence-corrected chi connectivity index (χ1v) is 6.28. The van der Waals surface area contributed by atoms with Crippen molar-refractivity contribution in [1.82, 2.24) is 5.32 Å². The number of amides is 1. The molecule has 5 heteroatoms. The molecule has 100 valence electrons. The van der Waals surface area contributed by atoms with Crippen LogP contribution >= 0.6 is 11.6 Å². The van der Waals surface area contributed by atoms with Crippen LogP contribution in [-0.4, -0.2) is 28.0 Å². The number of hydrogen-bond acceptors (Lipinski definition) is 3. The molecule has 0 aliphatic rings. The zero-order chi connectivity index (χ0) is 13.7. The van der Waals surface area contributed by atoms with Crippen molar-refractivity contribution in [3.8, 4) is 11.5 Å². The van der Waals surface area contributed by atoms with E-state index in [1.54, 1.807) is 0 Å². The summed E-state index contributed by atoms with van der Waals surface area (Å²) in [5.74, 6) is -0.576. The van der Waals surface area contributed by atoms with Crippen LogP contribution in [0.1, 0.15) is 30.6 Å². The maximum Gasteiger partial charge on any atom is 0.258 e. The molecule has 0 spiro atoms. The van der Waals surface area contributed by atoms with Crippen molar-refractivity contribution >= 4 is 17.5 Å². The lowest BCUT2D eigenvalue weighted by Crippen LogP contribution is -2.30. The van der Waals surface area contributed by atoms with Gasteiger partial charge in [-0.25, -0.2) is 0 Å². The number of carbonyl (C=O) groups is 1. The molecule has 0 saturated heterocycles. The van der Waals surface area contributed by atoms with Gasteiger partial charge in [0.1, 0.15) is 17.1 Å². The Kier molecular flexibility index (Phi) is 5.28. The highest BCUT2D eigenvalue weighted by Gasteiger charge is 2.17. The van der Waals surface area contributed by atoms with Crippen LogP contribution in [0.2, 0.25) is 0 Å². The van der Waals surface area contributed by atoms with Gasteiger partial charge in [-0.05, 0) is 24.5 Å². The molecule has 0 fully saturated rings. The minimum absolute atomic E-state index is 0.120. The minimum Gasteiger partial charge on any atom is -0.507 e. The molecule has 1 atom stereocenters. The number of alkyl halides is 1. The first-order chi connectivity index (χ1) is 8.41. The van der Waals surface area contributed by atoms with E-state index in [4.69, 9.17) is 11.6 Å². The van der Waals surface area contributed by atoms with Crippen molar-refractivity contribution in [2.75, 3.05) is 6.54 Å². The molecule has 0 aliphatic carbocycles. The molecule has 0 heterocycles. The molecule has 1 aromatic rings. The van der Waals surface area contributed by atoms with E-state index in [0.717, 1.165) is 6.42 Å². The van der Waals surface area contributed by atoms with Gasteiger partial charge < -0.3 is 15.5 Å². The number of phenols is 2. The first-order valence-electron chi connectivity index (χ1n) is 5.85. The molecule has 1 rings (SSSR count). The molecule has 0 aliphatic heterocycles. The largest absolute Gasteiger partial charge is 0.507 e. The van der Waals surface area contributed by atoms with Crippen LogP contribution in [0.5, 0.6) is 11.5 Å². The van der Waals surface area contributed by atoms with E-state index >= 15 is 0 Å². The Labute approximate surface area is 112 Å². The van der Waals surface area contributed by atoms with Gasteiger partial charge in [0.25, 0.3) is 5.91 Å². The van der Waals surface area contributed by atoms with Crippen LogP contribution in [0.4, 0.5) is 0 Å². The topological polar surface area (TPSA) is 69.6 Å². The minimum atomic E-state index is -0.528. The van der Waals surface area contributed by atoms with Gasteiger partial charge in [-0.1, -0.05) is 19.9 Å². The lowest BCUT2D eigenvalue weighted by molar-refractivity contribution is 0.0947. The second-order valence-electron chi connectivity index (χ2n) is 4.61. The van der Waals surface area contributed by atoms with Crippen molar-refractivity contribution in [3.05, 3.63) is 23.8 Å². The molecule has 1 aromatic carbocycles. The number of nitrogens with one attached hydrogen (secondary N) is 1. The fraction of sp³-hybridized carbons (Fsp3) is 0.462. The van der Waals surface area contributed by atoms with Gasteiger partial charge in [-0.15, -0.1) is 11.6 Å². The molecular formula is C13H18ClNO3. The van der Waals surface area contributed by atoms with Crippen LogP contribution in [0, 0.1) is 5.92 Å². The Morgan fingerprint density at radius 1 is 1.33 bits per heavy atom. The average Bonchev–Trinajstić information content (AvgIpc) is 2.25. The Morgan fingerprint density at radius 2 is 1.89 bits per heavy atom. The van der Waals surface area contributed by atoms with Crippen molar-refractivity contribution in [2.45, 2.75) is 25.6 Å². The Morgan fingerprint density at radius 3 is 2.39 bits per heavy atom. The molecule has 0 saturated carbocycles. The second-order valence-corrected chi connectivity index (χ2v) is 5.23. The average molecular weight is 272 g/mol. The van der Waals surface area contributed by atoms with Crippen molar-refractivity contribution in [2.24, 2.45) is 5.92 Å². The number of hydrogen-bond donors (Lipinski definition) is 3. The summed E-state index contributed by atoms with van der Waals surface area (Å²) in [5.41, 5.74) is -0.120. The predicted octanol–water partition coefficient (Wildman–Crippen LogP) is 2.48. The summed E-state index contributed by atoms with van der Waals surface area (Å²) in [4.78, 5) is 11.8. The highest BCUT2D eigenvalue weighted by Crippen LogP contribution is 2.25. The molecule has 0 aromatic heterocycles. The van der Waals surface area contributed by atoms with Gasteiger partial charge in [0, 0.05) is 6.54 Å². The summed E-state index contributed by atoms with van der Waals surface area (Å²) in [7, 11) is 0. The molecule has 0 radical (unpaired) electrons. The van der Waals surface area contributed by atoms with Crippen LogP contribution in [-0.2, 0) is 0 Å². The number of halogens is 1. The normalized spacial score (nSPS) is 12.4. The van der Waals surface area contributed by atoms with Crippen molar-refractivity contribution in [1.29, 1.82) is 0 Å². The third-order valence-corrected chi connectivity index (χ3v) is 2.79. The summed E-state index contributed by atoms with van der Waals surface area (Å²) in [6, 6.07) is 4.16. The van der Waals surface area contributed by atoms with E-state index in [1.807, 2.05) is 13.8 Å². The second kappa shape index (κ2) is 6.50. The smallest absolute Gasteiger partial charge is 0.258 e. The molecule has 1 unspecified atom stereocenters. The number of carbonyl (C=O) groups excluding carboxylic acids is 1. The monoisotopic (exact) mass is 271 g/mol. The Bertz CT molecular complexity index is 400. The Hall–Kier alpha value is -1.42. The van der Waals surface area contributed by atoms with E-state index in [1.165, 1.54) is 18.2 Å². The Balaban J connectivity index is 2.61. The van der Waals surface area contributed by atoms with Gasteiger partial charge in [-0.3, -0.25) is 4.79 Å². The van der Waals surface area contributed by atoms with Crippen molar-refractivity contribution in [3.63, 3.8) is 0 Å². The highest BCUT2D eigenvalue weighted by atomic mass is 35.5. The number of aromatic hydroxyl groups is 2. The molecule has 0 bridgehead atoms. The summed E-state index contributed by atoms with van der Waals surface area (Å²) >= 11 is 6.05. The van der Waals surface area contributed by atoms with Crippen LogP contribution in [0.25, 0.3) is 0 Å². The maximum absolute atomic E-state index is 11.8. The summed E-state index contributed by atoms with van der Waals surface area (Å²) in [6.45, 7) is 4.39. The third-order valence-electron chi connectivity index (χ3n) is 2.46. The number of phenolic OH excluding ortho intramolecular Hbond substituents is 2. The molecule has 3 N–H and O–H groups in total. The zero-order valence-corrected chi connectivity index (χ0v) is 11.2. The van der Waals surface area contributed by atoms with E-state index in [2.05, 4.69) is 5.32 Å². The lowest BCUT2D eigenvalue weighted by Gasteiger charge is -2.13. The summed E-state index contributed by atoms with van der Waals surface area (Å²) in [5, 5.41) is 21.5. The standard InChI is InChI=1S/C13H18ClNO3/c1-8(2)6-9(14)7-15-13(18)12-10(16)4-3-5-11(12)17/h3-5,8-9,16-17H,6-7H2,1-2H3,(H,15,18). The van der Waals surface area contributed by atoms with Gasteiger partial charge in [0.2, 0.25) is 0 Å². The molecule has 18 heavy (non-hydrogen) atoms. The van der Waals surface area contributed by atoms with Gasteiger partial charge in [0.05, 0.1) is 5.38 Å². The van der Waals surface area contributed by atoms with Gasteiger partial charge in [0.15, 0.2) is 0 Å². The van der Waals surface area contributed by atoms with Gasteiger partial charge >= 0.3 is 0 Å².